The van der Waals surface area contributed by atoms with Gasteiger partial charge < -0.3 is 15.4 Å². The molecule has 1 atom stereocenters. The molecule has 320 valence electrons. The van der Waals surface area contributed by atoms with E-state index in [0.29, 0.717) is 59.5 Å². The van der Waals surface area contributed by atoms with Gasteiger partial charge in [-0.25, -0.2) is 14.6 Å². The Morgan fingerprint density at radius 1 is 0.810 bits per heavy atom. The molecule has 0 saturated carbocycles. The van der Waals surface area contributed by atoms with Gasteiger partial charge in [-0.1, -0.05) is 30.0 Å². The second-order valence-electron chi connectivity index (χ2n) is 16.9. The molecule has 4 saturated heterocycles. The summed E-state index contributed by atoms with van der Waals surface area (Å²) in [5.41, 5.74) is 9.81. The van der Waals surface area contributed by atoms with Crippen LogP contribution in [0, 0.1) is 17.8 Å². The van der Waals surface area contributed by atoms with E-state index in [1.807, 2.05) is 64.2 Å². The van der Waals surface area contributed by atoms with Crippen molar-refractivity contribution in [1.29, 1.82) is 0 Å². The average Bonchev–Trinajstić information content (AvgIpc) is 3.79. The van der Waals surface area contributed by atoms with Crippen LogP contribution in [-0.4, -0.2) is 127 Å². The van der Waals surface area contributed by atoms with Crippen molar-refractivity contribution in [2.45, 2.75) is 56.7 Å². The normalized spacial score (nSPS) is 20.3. The maximum Gasteiger partial charge on any atom is 0.262 e. The lowest BCUT2D eigenvalue weighted by Crippen LogP contribution is -2.55. The van der Waals surface area contributed by atoms with Gasteiger partial charge in [0.25, 0.3) is 11.8 Å². The Morgan fingerprint density at radius 3 is 2.27 bits per heavy atom. The number of imide groups is 2. The smallest absolute Gasteiger partial charge is 0.262 e. The van der Waals surface area contributed by atoms with Crippen molar-refractivity contribution in [3.05, 3.63) is 95.8 Å². The van der Waals surface area contributed by atoms with Crippen LogP contribution in [0.2, 0.25) is 0 Å². The van der Waals surface area contributed by atoms with Crippen LogP contribution in [0.5, 0.6) is 11.5 Å². The summed E-state index contributed by atoms with van der Waals surface area (Å²) in [7, 11) is 0. The summed E-state index contributed by atoms with van der Waals surface area (Å²) >= 11 is 0. The predicted molar refractivity (Wildman–Crippen MR) is 231 cm³/mol. The van der Waals surface area contributed by atoms with E-state index in [4.69, 9.17) is 15.6 Å². The Kier molecular flexibility index (Phi) is 10.7. The fourth-order valence-corrected chi connectivity index (χ4v) is 9.49. The molecule has 1 unspecified atom stereocenters. The van der Waals surface area contributed by atoms with Gasteiger partial charge in [-0.3, -0.25) is 44.0 Å². The molecule has 0 radical (unpaired) electrons. The molecule has 16 heteroatoms. The van der Waals surface area contributed by atoms with Gasteiger partial charge in [0.2, 0.25) is 17.7 Å². The van der Waals surface area contributed by atoms with Crippen LogP contribution in [0.3, 0.4) is 0 Å². The highest BCUT2D eigenvalue weighted by atomic mass is 16.5. The van der Waals surface area contributed by atoms with E-state index < -0.39 is 29.7 Å². The number of para-hydroxylation sites is 1. The van der Waals surface area contributed by atoms with Gasteiger partial charge in [0.15, 0.2) is 5.65 Å². The van der Waals surface area contributed by atoms with Crippen molar-refractivity contribution in [3.63, 3.8) is 0 Å². The largest absolute Gasteiger partial charge is 0.457 e. The van der Waals surface area contributed by atoms with Crippen LogP contribution in [0.15, 0.2) is 79.1 Å². The van der Waals surface area contributed by atoms with Crippen molar-refractivity contribution in [1.82, 2.24) is 44.7 Å². The van der Waals surface area contributed by atoms with E-state index in [2.05, 4.69) is 36.9 Å². The molecule has 7 heterocycles. The average molecular weight is 847 g/mol. The highest BCUT2D eigenvalue weighted by Gasteiger charge is 2.44. The van der Waals surface area contributed by atoms with Crippen LogP contribution >= 0.6 is 0 Å². The van der Waals surface area contributed by atoms with Gasteiger partial charge in [-0.05, 0) is 86.7 Å². The van der Waals surface area contributed by atoms with Crippen LogP contribution in [-0.2, 0) is 14.4 Å². The van der Waals surface area contributed by atoms with Gasteiger partial charge in [-0.15, -0.1) is 0 Å². The van der Waals surface area contributed by atoms with E-state index in [9.17, 15) is 24.0 Å². The van der Waals surface area contributed by atoms with Crippen LogP contribution in [0.4, 0.5) is 5.82 Å². The fourth-order valence-electron chi connectivity index (χ4n) is 9.49. The summed E-state index contributed by atoms with van der Waals surface area (Å²) in [6, 6.07) is 21.8. The number of aromatic nitrogens is 4. The molecule has 4 fully saturated rings. The third kappa shape index (κ3) is 7.90. The number of rotatable bonds is 8. The lowest BCUT2D eigenvalue weighted by Gasteiger charge is -2.45. The highest BCUT2D eigenvalue weighted by molar-refractivity contribution is 6.23. The first-order valence-electron chi connectivity index (χ1n) is 21.6. The summed E-state index contributed by atoms with van der Waals surface area (Å²) < 4.78 is 7.96. The number of anilines is 1. The number of nitrogen functional groups attached to an aromatic ring is 1. The third-order valence-electron chi connectivity index (χ3n) is 13.0. The van der Waals surface area contributed by atoms with Crippen molar-refractivity contribution in [2.24, 2.45) is 5.92 Å². The first-order valence-corrected chi connectivity index (χ1v) is 21.6. The minimum atomic E-state index is -0.998. The highest BCUT2D eigenvalue weighted by Crippen LogP contribution is 2.36. The van der Waals surface area contributed by atoms with Crippen molar-refractivity contribution in [3.8, 4) is 34.6 Å². The quantitative estimate of drug-likeness (QED) is 0.170. The van der Waals surface area contributed by atoms with E-state index in [1.54, 1.807) is 18.2 Å². The molecule has 5 aliphatic rings. The minimum absolute atomic E-state index is 0.0576. The fraction of sp³-hybridized carbons (Fsp3) is 0.362. The number of benzene rings is 3. The first kappa shape index (κ1) is 40.1. The third-order valence-corrected chi connectivity index (χ3v) is 13.0. The number of likely N-dealkylation sites (tertiary alicyclic amines) is 3. The SMILES string of the molecule is Nc1ncnc2c1c(-c1ccc(Oc3ccccc3)cc1)nn2C1CCN(C(=O)CN2CCC(N3CC(C#Cc4ccc5c(c4)C(=O)N(C4CCC(=O)NC4=O)C5=O)C3)CC2)CC1. The van der Waals surface area contributed by atoms with Gasteiger partial charge in [0, 0.05) is 68.8 Å². The molecular formula is C47H46N10O6. The molecule has 3 aromatic carbocycles. The molecule has 3 N–H and O–H groups in total. The van der Waals surface area contributed by atoms with Crippen LogP contribution in [0.25, 0.3) is 22.3 Å². The Labute approximate surface area is 363 Å². The summed E-state index contributed by atoms with van der Waals surface area (Å²) in [5.74, 6) is 6.63. The summed E-state index contributed by atoms with van der Waals surface area (Å²) in [6.07, 6.45) is 5.15. The Morgan fingerprint density at radius 2 is 1.52 bits per heavy atom. The molecule has 63 heavy (non-hydrogen) atoms. The zero-order valence-electron chi connectivity index (χ0n) is 34.6. The first-order chi connectivity index (χ1) is 30.7. The van der Waals surface area contributed by atoms with E-state index >= 15 is 0 Å². The molecule has 0 aliphatic carbocycles. The molecule has 5 amide bonds. The second kappa shape index (κ2) is 16.7. The zero-order valence-corrected chi connectivity index (χ0v) is 34.6. The van der Waals surface area contributed by atoms with Gasteiger partial charge in [0.05, 0.1) is 29.1 Å². The van der Waals surface area contributed by atoms with E-state index in [0.717, 1.165) is 68.1 Å². The van der Waals surface area contributed by atoms with Gasteiger partial charge in [-0.2, -0.15) is 5.10 Å². The number of carbonyl (C=O) groups excluding carboxylic acids is 5. The second-order valence-corrected chi connectivity index (χ2v) is 16.9. The molecule has 5 aromatic rings. The molecule has 16 nitrogen and oxygen atoms in total. The molecule has 2 aromatic heterocycles. The Hall–Kier alpha value is -6.96. The van der Waals surface area contributed by atoms with Crippen molar-refractivity contribution >= 4 is 46.4 Å². The molecule has 0 bridgehead atoms. The van der Waals surface area contributed by atoms with Crippen molar-refractivity contribution < 1.29 is 28.7 Å². The molecule has 0 spiro atoms. The maximum atomic E-state index is 13.5. The number of hydrogen-bond donors (Lipinski definition) is 2. The molecular weight excluding hydrogens is 801 g/mol. The summed E-state index contributed by atoms with van der Waals surface area (Å²) in [4.78, 5) is 80.3. The number of amides is 5. The maximum absolute atomic E-state index is 13.5. The van der Waals surface area contributed by atoms with Gasteiger partial charge >= 0.3 is 0 Å². The minimum Gasteiger partial charge on any atom is -0.457 e. The van der Waals surface area contributed by atoms with Crippen molar-refractivity contribution in [2.75, 3.05) is 51.5 Å². The number of nitrogens with two attached hydrogens (primary N) is 1. The molecule has 10 rings (SSSR count). The van der Waals surface area contributed by atoms with E-state index in [1.165, 1.54) is 6.33 Å². The number of nitrogens with one attached hydrogen (secondary N) is 1. The van der Waals surface area contributed by atoms with Crippen LogP contribution < -0.4 is 15.8 Å². The number of carbonyl (C=O) groups is 5. The standard InChI is InChI=1S/C47H46N10O6/c48-43-41-42(31-9-11-35(12-10-31)63-34-4-2-1-3-5-34)52-57(44(41)50-28-49-43)33-18-22-54(23-19-33)40(59)27-53-20-16-32(17-21-53)55-25-30(26-55)7-6-29-8-13-36-37(24-29)47(62)56(46(36)61)38-14-15-39(58)51-45(38)60/h1-5,8-13,24,28,30,32-33,38H,14-23,25-27H2,(H2,48,49,50)(H,51,58,60). The van der Waals surface area contributed by atoms with E-state index in [-0.39, 0.29) is 41.8 Å². The topological polar surface area (TPSA) is 189 Å². The lowest BCUT2D eigenvalue weighted by atomic mass is 9.93. The Balaban J connectivity index is 0.687. The molecule has 5 aliphatic heterocycles. The summed E-state index contributed by atoms with van der Waals surface area (Å²) in [5, 5.41) is 7.99. The Bertz CT molecular complexity index is 2690. The number of fused-ring (bicyclic) bond motifs is 2. The number of hydrogen-bond acceptors (Lipinski definition) is 12. The van der Waals surface area contributed by atoms with Gasteiger partial charge in [0.1, 0.15) is 35.4 Å². The summed E-state index contributed by atoms with van der Waals surface area (Å²) in [6.45, 7) is 5.13. The number of nitrogens with zero attached hydrogens (tertiary/aromatic N) is 8. The number of piperidine rings is 3. The monoisotopic (exact) mass is 846 g/mol. The van der Waals surface area contributed by atoms with Crippen LogP contribution in [0.1, 0.15) is 70.8 Å². The lowest BCUT2D eigenvalue weighted by molar-refractivity contribution is -0.136. The zero-order chi connectivity index (χ0) is 43.2. The number of ether oxygens (including phenoxy) is 1. The predicted octanol–water partition coefficient (Wildman–Crippen LogP) is 3.88.